The Morgan fingerprint density at radius 3 is 2.59 bits per heavy atom. The molecule has 0 bridgehead atoms. The maximum Gasteiger partial charge on any atom is 0.434 e. The second kappa shape index (κ2) is 10.1. The summed E-state index contributed by atoms with van der Waals surface area (Å²) in [7, 11) is 1.70. The number of alkyl halides is 3. The Morgan fingerprint density at radius 1 is 1.24 bits per heavy atom. The molecule has 29 heavy (non-hydrogen) atoms. The van der Waals surface area contributed by atoms with Crippen LogP contribution in [0.3, 0.4) is 0 Å². The third-order valence-electron chi connectivity index (χ3n) is 4.87. The van der Waals surface area contributed by atoms with E-state index in [4.69, 9.17) is 0 Å². The number of nitrogens with zero attached hydrogens (tertiary/aromatic N) is 3. The van der Waals surface area contributed by atoms with Gasteiger partial charge in [0.05, 0.1) is 5.01 Å². The van der Waals surface area contributed by atoms with E-state index in [0.717, 1.165) is 49.2 Å². The van der Waals surface area contributed by atoms with Crippen molar-refractivity contribution in [3.8, 4) is 0 Å². The summed E-state index contributed by atoms with van der Waals surface area (Å²) in [4.78, 5) is 10.3. The summed E-state index contributed by atoms with van der Waals surface area (Å²) in [6.07, 6.45) is -1.91. The van der Waals surface area contributed by atoms with Gasteiger partial charge < -0.3 is 10.6 Å². The number of aliphatic imine (C=N–C) groups is 1. The van der Waals surface area contributed by atoms with Crippen LogP contribution in [-0.2, 0) is 19.1 Å². The van der Waals surface area contributed by atoms with Gasteiger partial charge in [-0.2, -0.15) is 13.2 Å². The van der Waals surface area contributed by atoms with Crippen LogP contribution in [0.15, 0.2) is 40.7 Å². The lowest BCUT2D eigenvalue weighted by molar-refractivity contribution is -0.140. The fraction of sp³-hybridized carbons (Fsp3) is 0.500. The fourth-order valence-corrected chi connectivity index (χ4v) is 4.11. The number of halogens is 3. The summed E-state index contributed by atoms with van der Waals surface area (Å²) in [6.45, 7) is 3.48. The number of thiazole rings is 1. The maximum atomic E-state index is 12.6. The minimum Gasteiger partial charge on any atom is -0.356 e. The molecule has 1 aromatic heterocycles. The molecule has 1 aliphatic heterocycles. The Labute approximate surface area is 173 Å². The monoisotopic (exact) mass is 425 g/mol. The predicted molar refractivity (Wildman–Crippen MR) is 110 cm³/mol. The van der Waals surface area contributed by atoms with Crippen LogP contribution in [0.25, 0.3) is 0 Å². The minimum absolute atomic E-state index is 0.338. The Bertz CT molecular complexity index is 783. The molecule has 1 saturated heterocycles. The number of benzene rings is 1. The highest BCUT2D eigenvalue weighted by Gasteiger charge is 2.33. The Balaban J connectivity index is 1.38. The minimum atomic E-state index is -4.38. The van der Waals surface area contributed by atoms with Crippen molar-refractivity contribution in [2.75, 3.05) is 26.7 Å². The molecule has 0 aliphatic carbocycles. The first-order valence-corrected chi connectivity index (χ1v) is 10.6. The van der Waals surface area contributed by atoms with E-state index in [0.29, 0.717) is 30.0 Å². The van der Waals surface area contributed by atoms with Crippen molar-refractivity contribution in [3.05, 3.63) is 52.0 Å². The van der Waals surface area contributed by atoms with Crippen LogP contribution in [0.1, 0.15) is 29.1 Å². The predicted octanol–water partition coefficient (Wildman–Crippen LogP) is 3.53. The lowest BCUT2D eigenvalue weighted by atomic mass is 10.0. The van der Waals surface area contributed by atoms with Gasteiger partial charge in [0.25, 0.3) is 0 Å². The summed E-state index contributed by atoms with van der Waals surface area (Å²) in [5.74, 6) is 0.680. The highest BCUT2D eigenvalue weighted by Crippen LogP contribution is 2.30. The Hall–Kier alpha value is -2.13. The van der Waals surface area contributed by atoms with Gasteiger partial charge in [-0.3, -0.25) is 9.89 Å². The number of hydrogen-bond acceptors (Lipinski definition) is 4. The van der Waals surface area contributed by atoms with E-state index in [-0.39, 0.29) is 0 Å². The summed E-state index contributed by atoms with van der Waals surface area (Å²) >= 11 is 1.04. The van der Waals surface area contributed by atoms with Crippen LogP contribution in [0.4, 0.5) is 13.2 Å². The molecule has 3 rings (SSSR count). The van der Waals surface area contributed by atoms with E-state index in [9.17, 15) is 13.2 Å². The highest BCUT2D eigenvalue weighted by molar-refractivity contribution is 7.09. The molecule has 2 N–H and O–H groups in total. The van der Waals surface area contributed by atoms with E-state index >= 15 is 0 Å². The van der Waals surface area contributed by atoms with Gasteiger partial charge in [-0.1, -0.05) is 30.3 Å². The molecule has 0 unspecified atom stereocenters. The van der Waals surface area contributed by atoms with E-state index < -0.39 is 11.9 Å². The quantitative estimate of drug-likeness (QED) is 0.549. The SMILES string of the molecule is CN=C(NCCc1nc(C(F)(F)F)cs1)NC1CCN(Cc2ccccc2)CC1. The molecular weight excluding hydrogens is 399 g/mol. The lowest BCUT2D eigenvalue weighted by Gasteiger charge is -2.33. The molecule has 9 heteroatoms. The molecule has 0 radical (unpaired) electrons. The average Bonchev–Trinajstić information content (AvgIpc) is 3.19. The average molecular weight is 426 g/mol. The molecule has 0 amide bonds. The van der Waals surface area contributed by atoms with Gasteiger partial charge in [-0.05, 0) is 18.4 Å². The highest BCUT2D eigenvalue weighted by atomic mass is 32.1. The van der Waals surface area contributed by atoms with Crippen molar-refractivity contribution in [1.29, 1.82) is 0 Å². The normalized spacial score (nSPS) is 16.8. The Kier molecular flexibility index (Phi) is 7.49. The van der Waals surface area contributed by atoms with Crippen LogP contribution in [0.2, 0.25) is 0 Å². The lowest BCUT2D eigenvalue weighted by Crippen LogP contribution is -2.48. The molecule has 158 valence electrons. The van der Waals surface area contributed by atoms with Crippen LogP contribution >= 0.6 is 11.3 Å². The summed E-state index contributed by atoms with van der Waals surface area (Å²) in [5, 5.41) is 8.12. The van der Waals surface area contributed by atoms with E-state index in [1.54, 1.807) is 7.05 Å². The third-order valence-corrected chi connectivity index (χ3v) is 5.78. The van der Waals surface area contributed by atoms with Gasteiger partial charge in [0.2, 0.25) is 0 Å². The smallest absolute Gasteiger partial charge is 0.356 e. The van der Waals surface area contributed by atoms with Crippen molar-refractivity contribution in [1.82, 2.24) is 20.5 Å². The first-order valence-electron chi connectivity index (χ1n) is 9.69. The van der Waals surface area contributed by atoms with Crippen molar-refractivity contribution in [2.45, 2.75) is 38.0 Å². The van der Waals surface area contributed by atoms with Gasteiger partial charge in [-0.15, -0.1) is 11.3 Å². The number of piperidine rings is 1. The number of guanidine groups is 1. The first-order chi connectivity index (χ1) is 13.9. The van der Waals surface area contributed by atoms with Crippen molar-refractivity contribution < 1.29 is 13.2 Å². The van der Waals surface area contributed by atoms with Gasteiger partial charge in [0.15, 0.2) is 11.7 Å². The number of likely N-dealkylation sites (tertiary alicyclic amines) is 1. The maximum absolute atomic E-state index is 12.6. The van der Waals surface area contributed by atoms with Crippen LogP contribution in [0, 0.1) is 0 Å². The zero-order chi connectivity index (χ0) is 20.7. The first kappa shape index (κ1) is 21.6. The summed E-state index contributed by atoms with van der Waals surface area (Å²) in [5.41, 5.74) is 0.509. The molecule has 1 fully saturated rings. The molecular formula is C20H26F3N5S. The van der Waals surface area contributed by atoms with E-state index in [1.807, 2.05) is 6.07 Å². The molecule has 1 aromatic carbocycles. The van der Waals surface area contributed by atoms with Gasteiger partial charge in [0, 0.05) is 51.1 Å². The van der Waals surface area contributed by atoms with Crippen LogP contribution < -0.4 is 10.6 Å². The van der Waals surface area contributed by atoms with Gasteiger partial charge in [0.1, 0.15) is 0 Å². The molecule has 0 spiro atoms. The second-order valence-corrected chi connectivity index (χ2v) is 8.00. The molecule has 2 aromatic rings. The molecule has 0 atom stereocenters. The van der Waals surface area contributed by atoms with E-state index in [1.165, 1.54) is 5.56 Å². The number of nitrogens with one attached hydrogen (secondary N) is 2. The standard InChI is InChI=1S/C20H26F3N5S/c1-24-19(25-10-7-18-27-17(14-29-18)20(21,22)23)26-16-8-11-28(12-9-16)13-15-5-3-2-4-6-15/h2-6,14,16H,7-13H2,1H3,(H2,24,25,26). The van der Waals surface area contributed by atoms with Crippen LogP contribution in [-0.4, -0.2) is 48.6 Å². The van der Waals surface area contributed by atoms with Crippen molar-refractivity contribution in [2.24, 2.45) is 4.99 Å². The fourth-order valence-electron chi connectivity index (χ4n) is 3.31. The molecule has 5 nitrogen and oxygen atoms in total. The van der Waals surface area contributed by atoms with Crippen molar-refractivity contribution >= 4 is 17.3 Å². The van der Waals surface area contributed by atoms with E-state index in [2.05, 4.69) is 49.8 Å². The molecule has 0 saturated carbocycles. The third kappa shape index (κ3) is 6.71. The molecule has 2 heterocycles. The number of rotatable bonds is 6. The van der Waals surface area contributed by atoms with Gasteiger partial charge in [-0.25, -0.2) is 4.98 Å². The number of hydrogen-bond donors (Lipinski definition) is 2. The summed E-state index contributed by atoms with van der Waals surface area (Å²) < 4.78 is 37.8. The topological polar surface area (TPSA) is 52.6 Å². The largest absolute Gasteiger partial charge is 0.434 e. The number of aromatic nitrogens is 1. The zero-order valence-corrected chi connectivity index (χ0v) is 17.2. The van der Waals surface area contributed by atoms with Crippen molar-refractivity contribution in [3.63, 3.8) is 0 Å². The second-order valence-electron chi connectivity index (χ2n) is 7.05. The van der Waals surface area contributed by atoms with Gasteiger partial charge >= 0.3 is 6.18 Å². The zero-order valence-electron chi connectivity index (χ0n) is 16.4. The Morgan fingerprint density at radius 2 is 1.97 bits per heavy atom. The molecule has 1 aliphatic rings. The van der Waals surface area contributed by atoms with Crippen LogP contribution in [0.5, 0.6) is 0 Å². The summed E-state index contributed by atoms with van der Waals surface area (Å²) in [6, 6.07) is 10.8.